The number of aromatic nitrogens is 2. The minimum Gasteiger partial charge on any atom is -0.373 e. The van der Waals surface area contributed by atoms with E-state index in [1.807, 2.05) is 19.4 Å². The van der Waals surface area contributed by atoms with Crippen molar-refractivity contribution >= 4 is 29.3 Å². The van der Waals surface area contributed by atoms with Crippen molar-refractivity contribution in [1.29, 1.82) is 0 Å². The van der Waals surface area contributed by atoms with Crippen LogP contribution in [0.5, 0.6) is 0 Å². The lowest BCUT2D eigenvalue weighted by atomic mass is 10.2. The zero-order chi connectivity index (χ0) is 13.0. The lowest BCUT2D eigenvalue weighted by Gasteiger charge is -2.13. The molecule has 0 spiro atoms. The smallest absolute Gasteiger partial charge is 0.220 e. The molecular formula is C11H17N5OS. The molecule has 1 amide bonds. The van der Waals surface area contributed by atoms with E-state index in [0.29, 0.717) is 13.0 Å². The zero-order valence-electron chi connectivity index (χ0n) is 10.5. The average Bonchev–Trinajstić information content (AvgIpc) is 2.81. The summed E-state index contributed by atoms with van der Waals surface area (Å²) in [6.45, 7) is 0.694. The van der Waals surface area contributed by atoms with Gasteiger partial charge in [-0.1, -0.05) is 11.8 Å². The average molecular weight is 267 g/mol. The molecule has 0 radical (unpaired) electrons. The summed E-state index contributed by atoms with van der Waals surface area (Å²) < 4.78 is 0. The van der Waals surface area contributed by atoms with Crippen LogP contribution in [0.2, 0.25) is 0 Å². The van der Waals surface area contributed by atoms with Crippen LogP contribution in [0, 0.1) is 0 Å². The van der Waals surface area contributed by atoms with Gasteiger partial charge in [0.1, 0.15) is 11.6 Å². The van der Waals surface area contributed by atoms with Crippen LogP contribution in [0.4, 0.5) is 11.6 Å². The minimum atomic E-state index is 0.130. The van der Waals surface area contributed by atoms with Crippen LogP contribution < -0.4 is 16.0 Å². The van der Waals surface area contributed by atoms with Crippen LogP contribution in [0.15, 0.2) is 11.2 Å². The molecule has 0 saturated carbocycles. The van der Waals surface area contributed by atoms with Gasteiger partial charge in [0.05, 0.1) is 0 Å². The Balaban J connectivity index is 1.97. The summed E-state index contributed by atoms with van der Waals surface area (Å²) in [7, 11) is 1.83. The van der Waals surface area contributed by atoms with E-state index in [4.69, 9.17) is 0 Å². The lowest BCUT2D eigenvalue weighted by Crippen LogP contribution is -2.32. The van der Waals surface area contributed by atoms with Crippen molar-refractivity contribution in [2.75, 3.05) is 30.5 Å². The number of amides is 1. The van der Waals surface area contributed by atoms with Gasteiger partial charge in [-0.3, -0.25) is 4.79 Å². The largest absolute Gasteiger partial charge is 0.373 e. The van der Waals surface area contributed by atoms with Gasteiger partial charge in [-0.15, -0.1) is 0 Å². The third kappa shape index (κ3) is 3.25. The number of nitrogens with zero attached hydrogens (tertiary/aromatic N) is 2. The van der Waals surface area contributed by atoms with Crippen molar-refractivity contribution in [1.82, 2.24) is 15.3 Å². The van der Waals surface area contributed by atoms with Gasteiger partial charge in [-0.05, 0) is 12.7 Å². The first-order chi connectivity index (χ1) is 8.71. The quantitative estimate of drug-likeness (QED) is 0.544. The second-order valence-electron chi connectivity index (χ2n) is 4.06. The van der Waals surface area contributed by atoms with Gasteiger partial charge in [0.25, 0.3) is 0 Å². The van der Waals surface area contributed by atoms with E-state index in [2.05, 4.69) is 25.9 Å². The van der Waals surface area contributed by atoms with E-state index in [9.17, 15) is 4.79 Å². The van der Waals surface area contributed by atoms with Gasteiger partial charge in [0, 0.05) is 32.1 Å². The summed E-state index contributed by atoms with van der Waals surface area (Å²) in [5, 5.41) is 9.88. The first-order valence-electron chi connectivity index (χ1n) is 5.85. The summed E-state index contributed by atoms with van der Waals surface area (Å²) in [4.78, 5) is 19.7. The topological polar surface area (TPSA) is 78.9 Å². The Morgan fingerprint density at radius 3 is 2.89 bits per heavy atom. The van der Waals surface area contributed by atoms with Crippen LogP contribution in [-0.4, -0.2) is 41.8 Å². The predicted octanol–water partition coefficient (Wildman–Crippen LogP) is 0.931. The Morgan fingerprint density at radius 2 is 2.28 bits per heavy atom. The molecule has 1 aromatic heterocycles. The van der Waals surface area contributed by atoms with Gasteiger partial charge in [0.15, 0.2) is 5.16 Å². The highest BCUT2D eigenvalue weighted by Gasteiger charge is 2.20. The van der Waals surface area contributed by atoms with Crippen LogP contribution in [0.25, 0.3) is 0 Å². The standard InChI is InChI=1S/C11H17N5OS/c1-12-8-5-9(16-11(15-8)18-2)13-6-7-3-4-10(17)14-7/h5,7H,3-4,6H2,1-2H3,(H,14,17)(H2,12,13,15,16). The maximum Gasteiger partial charge on any atom is 0.220 e. The van der Waals surface area contributed by atoms with Crippen LogP contribution in [0.3, 0.4) is 0 Å². The lowest BCUT2D eigenvalue weighted by molar-refractivity contribution is -0.119. The first kappa shape index (κ1) is 12.9. The molecular weight excluding hydrogens is 250 g/mol. The van der Waals surface area contributed by atoms with E-state index in [0.717, 1.165) is 23.2 Å². The van der Waals surface area contributed by atoms with Crippen molar-refractivity contribution < 1.29 is 4.79 Å². The molecule has 18 heavy (non-hydrogen) atoms. The highest BCUT2D eigenvalue weighted by molar-refractivity contribution is 7.98. The summed E-state index contributed by atoms with van der Waals surface area (Å²) in [5.74, 6) is 1.69. The first-order valence-corrected chi connectivity index (χ1v) is 7.08. The molecule has 1 aromatic rings. The number of rotatable bonds is 5. The predicted molar refractivity (Wildman–Crippen MR) is 73.0 cm³/mol. The number of nitrogens with one attached hydrogen (secondary N) is 3. The van der Waals surface area contributed by atoms with Gasteiger partial charge >= 0.3 is 0 Å². The zero-order valence-corrected chi connectivity index (χ0v) is 11.3. The molecule has 7 heteroatoms. The number of hydrogen-bond acceptors (Lipinski definition) is 6. The van der Waals surface area contributed by atoms with Crippen molar-refractivity contribution in [3.05, 3.63) is 6.07 Å². The third-order valence-electron chi connectivity index (χ3n) is 2.76. The Morgan fingerprint density at radius 1 is 1.50 bits per heavy atom. The molecule has 98 valence electrons. The molecule has 1 aliphatic heterocycles. The Kier molecular flexibility index (Phi) is 4.24. The summed E-state index contributed by atoms with van der Waals surface area (Å²) in [5.41, 5.74) is 0. The van der Waals surface area contributed by atoms with E-state index in [1.54, 1.807) is 0 Å². The molecule has 3 N–H and O–H groups in total. The summed E-state index contributed by atoms with van der Waals surface area (Å²) in [6, 6.07) is 2.06. The van der Waals surface area contributed by atoms with E-state index >= 15 is 0 Å². The van der Waals surface area contributed by atoms with E-state index < -0.39 is 0 Å². The SMILES string of the molecule is CNc1cc(NCC2CCC(=O)N2)nc(SC)n1. The second-order valence-corrected chi connectivity index (χ2v) is 4.83. The molecule has 0 bridgehead atoms. The second kappa shape index (κ2) is 5.90. The monoisotopic (exact) mass is 267 g/mol. The molecule has 1 unspecified atom stereocenters. The van der Waals surface area contributed by atoms with E-state index in [1.165, 1.54) is 11.8 Å². The molecule has 2 rings (SSSR count). The molecule has 2 heterocycles. The molecule has 1 fully saturated rings. The minimum absolute atomic E-state index is 0.130. The number of anilines is 2. The summed E-state index contributed by atoms with van der Waals surface area (Å²) >= 11 is 1.50. The van der Waals surface area contributed by atoms with Gasteiger partial charge < -0.3 is 16.0 Å². The van der Waals surface area contributed by atoms with Crippen LogP contribution in [0.1, 0.15) is 12.8 Å². The maximum atomic E-state index is 11.1. The highest BCUT2D eigenvalue weighted by Crippen LogP contribution is 2.17. The molecule has 6 nitrogen and oxygen atoms in total. The van der Waals surface area contributed by atoms with Crippen LogP contribution >= 0.6 is 11.8 Å². The Labute approximate surface area is 110 Å². The van der Waals surface area contributed by atoms with Crippen molar-refractivity contribution in [2.24, 2.45) is 0 Å². The van der Waals surface area contributed by atoms with Gasteiger partial charge in [-0.25, -0.2) is 9.97 Å². The van der Waals surface area contributed by atoms with Gasteiger partial charge in [0.2, 0.25) is 5.91 Å². The number of hydrogen-bond donors (Lipinski definition) is 3. The number of carbonyl (C=O) groups excluding carboxylic acids is 1. The fraction of sp³-hybridized carbons (Fsp3) is 0.545. The molecule has 1 aliphatic rings. The fourth-order valence-electron chi connectivity index (χ4n) is 1.79. The van der Waals surface area contributed by atoms with Crippen LogP contribution in [-0.2, 0) is 4.79 Å². The van der Waals surface area contributed by atoms with Crippen molar-refractivity contribution in [3.63, 3.8) is 0 Å². The molecule has 0 aromatic carbocycles. The molecule has 0 aliphatic carbocycles. The Hall–Kier alpha value is -1.50. The molecule has 1 atom stereocenters. The highest BCUT2D eigenvalue weighted by atomic mass is 32.2. The van der Waals surface area contributed by atoms with Gasteiger partial charge in [-0.2, -0.15) is 0 Å². The fourth-order valence-corrected chi connectivity index (χ4v) is 2.17. The number of carbonyl (C=O) groups is 1. The number of thioether (sulfide) groups is 1. The summed E-state index contributed by atoms with van der Waals surface area (Å²) in [6.07, 6.45) is 3.44. The maximum absolute atomic E-state index is 11.1. The van der Waals surface area contributed by atoms with Crippen molar-refractivity contribution in [3.8, 4) is 0 Å². The van der Waals surface area contributed by atoms with E-state index in [-0.39, 0.29) is 11.9 Å². The van der Waals surface area contributed by atoms with Crippen molar-refractivity contribution in [2.45, 2.75) is 24.0 Å². The normalized spacial score (nSPS) is 18.6. The molecule has 1 saturated heterocycles. The Bertz CT molecular complexity index is 417. The third-order valence-corrected chi connectivity index (χ3v) is 3.31.